The Bertz CT molecular complexity index is 923. The maximum absolute atomic E-state index is 12.5. The number of ether oxygens (including phenoxy) is 2. The van der Waals surface area contributed by atoms with Gasteiger partial charge in [-0.15, -0.1) is 0 Å². The second-order valence-corrected chi connectivity index (χ2v) is 10.4. The Kier molecular flexibility index (Phi) is 7.40. The average Bonchev–Trinajstić information content (AvgIpc) is 3.06. The maximum Gasteiger partial charge on any atom is 0.215 e. The van der Waals surface area contributed by atoms with Crippen LogP contribution in [0.15, 0.2) is 60.7 Å². The summed E-state index contributed by atoms with van der Waals surface area (Å²) in [5.41, 5.74) is 1.77. The molecule has 0 bridgehead atoms. The molecule has 2 aromatic rings. The summed E-state index contributed by atoms with van der Waals surface area (Å²) in [5.74, 6) is -0.0118. The van der Waals surface area contributed by atoms with Crippen LogP contribution in [-0.4, -0.2) is 64.4 Å². The summed E-state index contributed by atoms with van der Waals surface area (Å²) in [5, 5.41) is 0. The molecule has 0 aromatic heterocycles. The van der Waals surface area contributed by atoms with Crippen LogP contribution in [-0.2, 0) is 31.7 Å². The first-order valence-corrected chi connectivity index (χ1v) is 12.7. The van der Waals surface area contributed by atoms with E-state index in [1.807, 2.05) is 36.4 Å². The minimum absolute atomic E-state index is 0.0118. The topological polar surface area (TPSA) is 67.9 Å². The van der Waals surface area contributed by atoms with E-state index >= 15 is 0 Å². The fourth-order valence-corrected chi connectivity index (χ4v) is 5.61. The number of rotatable bonds is 8. The predicted octanol–water partition coefficient (Wildman–Crippen LogP) is 2.60. The number of hydrogen-bond donors (Lipinski definition) is 1. The van der Waals surface area contributed by atoms with Gasteiger partial charge in [-0.25, -0.2) is 13.1 Å². The van der Waals surface area contributed by atoms with Crippen molar-refractivity contribution in [1.82, 2.24) is 9.62 Å². The summed E-state index contributed by atoms with van der Waals surface area (Å²) >= 11 is 0. The summed E-state index contributed by atoms with van der Waals surface area (Å²) in [6.45, 7) is 4.27. The van der Waals surface area contributed by atoms with Gasteiger partial charge in [0.1, 0.15) is 5.60 Å². The van der Waals surface area contributed by atoms with Crippen LogP contribution < -0.4 is 4.72 Å². The lowest BCUT2D eigenvalue weighted by Gasteiger charge is -2.32. The van der Waals surface area contributed by atoms with E-state index in [1.165, 1.54) is 5.56 Å². The van der Waals surface area contributed by atoms with Gasteiger partial charge >= 0.3 is 0 Å². The van der Waals surface area contributed by atoms with Crippen LogP contribution in [0.3, 0.4) is 0 Å². The van der Waals surface area contributed by atoms with E-state index < -0.39 is 10.0 Å². The van der Waals surface area contributed by atoms with E-state index in [9.17, 15) is 8.42 Å². The Hall–Kier alpha value is -1.77. The van der Waals surface area contributed by atoms with Crippen LogP contribution in [0.1, 0.15) is 24.0 Å². The van der Waals surface area contributed by atoms with Gasteiger partial charge in [-0.1, -0.05) is 60.7 Å². The average molecular weight is 445 g/mol. The molecule has 2 aliphatic rings. The maximum atomic E-state index is 12.5. The molecular formula is C24H32N2O4S. The number of sulfonamides is 1. The molecule has 4 rings (SSSR count). The zero-order chi connectivity index (χ0) is 21.6. The Morgan fingerprint density at radius 3 is 2.48 bits per heavy atom. The summed E-state index contributed by atoms with van der Waals surface area (Å²) in [6.07, 6.45) is 2.60. The Balaban J connectivity index is 1.28. The molecule has 1 spiro atoms. The molecule has 31 heavy (non-hydrogen) atoms. The quantitative estimate of drug-likeness (QED) is 0.678. The fourth-order valence-electron chi connectivity index (χ4n) is 4.43. The van der Waals surface area contributed by atoms with E-state index in [0.717, 1.165) is 44.5 Å². The lowest BCUT2D eigenvalue weighted by molar-refractivity contribution is -0.0837. The van der Waals surface area contributed by atoms with Crippen molar-refractivity contribution in [3.05, 3.63) is 71.8 Å². The monoisotopic (exact) mass is 444 g/mol. The van der Waals surface area contributed by atoms with Gasteiger partial charge in [0.15, 0.2) is 0 Å². The zero-order valence-corrected chi connectivity index (χ0v) is 18.7. The largest absolute Gasteiger partial charge is 0.377 e. The molecule has 6 nitrogen and oxygen atoms in total. The van der Waals surface area contributed by atoms with Gasteiger partial charge in [0, 0.05) is 26.2 Å². The van der Waals surface area contributed by atoms with Gasteiger partial charge < -0.3 is 9.47 Å². The Labute approximate surface area is 185 Å². The zero-order valence-electron chi connectivity index (χ0n) is 17.9. The second kappa shape index (κ2) is 10.2. The first-order valence-electron chi connectivity index (χ1n) is 11.1. The molecule has 0 aliphatic carbocycles. The molecule has 2 aliphatic heterocycles. The Morgan fingerprint density at radius 2 is 1.74 bits per heavy atom. The molecule has 2 heterocycles. The van der Waals surface area contributed by atoms with E-state index in [-0.39, 0.29) is 17.5 Å². The van der Waals surface area contributed by atoms with Crippen molar-refractivity contribution >= 4 is 10.0 Å². The SMILES string of the molecule is O=S(=O)(Cc1ccccc1)NC[C@@H]1CC[C@]2(COCCN(CCc3ccccc3)C2)O1. The molecule has 2 fully saturated rings. The van der Waals surface area contributed by atoms with E-state index in [1.54, 1.807) is 0 Å². The summed E-state index contributed by atoms with van der Waals surface area (Å²) in [6, 6.07) is 19.8. The first kappa shape index (κ1) is 22.4. The third kappa shape index (κ3) is 6.60. The van der Waals surface area contributed by atoms with Crippen molar-refractivity contribution in [2.24, 2.45) is 0 Å². The number of hydrogen-bond acceptors (Lipinski definition) is 5. The third-order valence-electron chi connectivity index (χ3n) is 6.06. The molecule has 7 heteroatoms. The fraction of sp³-hybridized carbons (Fsp3) is 0.500. The van der Waals surface area contributed by atoms with E-state index in [0.29, 0.717) is 19.8 Å². The van der Waals surface area contributed by atoms with Crippen molar-refractivity contribution in [1.29, 1.82) is 0 Å². The van der Waals surface area contributed by atoms with Crippen molar-refractivity contribution in [3.8, 4) is 0 Å². The summed E-state index contributed by atoms with van der Waals surface area (Å²) in [4.78, 5) is 2.42. The van der Waals surface area contributed by atoms with Crippen molar-refractivity contribution in [3.63, 3.8) is 0 Å². The minimum atomic E-state index is -3.39. The van der Waals surface area contributed by atoms with Crippen LogP contribution in [0.5, 0.6) is 0 Å². The molecule has 0 radical (unpaired) electrons. The molecule has 1 N–H and O–H groups in total. The highest BCUT2D eigenvalue weighted by Crippen LogP contribution is 2.33. The highest BCUT2D eigenvalue weighted by Gasteiger charge is 2.43. The van der Waals surface area contributed by atoms with Gasteiger partial charge in [0.25, 0.3) is 0 Å². The lowest BCUT2D eigenvalue weighted by Crippen LogP contribution is -2.46. The van der Waals surface area contributed by atoms with Crippen LogP contribution in [0, 0.1) is 0 Å². The number of nitrogens with zero attached hydrogens (tertiary/aromatic N) is 1. The van der Waals surface area contributed by atoms with E-state index in [2.05, 4.69) is 33.9 Å². The lowest BCUT2D eigenvalue weighted by atomic mass is 10.00. The number of nitrogens with one attached hydrogen (secondary N) is 1. The number of benzene rings is 2. The summed E-state index contributed by atoms with van der Waals surface area (Å²) in [7, 11) is -3.39. The molecule has 0 saturated carbocycles. The molecule has 2 saturated heterocycles. The van der Waals surface area contributed by atoms with Gasteiger partial charge in [0.2, 0.25) is 10.0 Å². The second-order valence-electron chi connectivity index (χ2n) is 8.62. The molecule has 168 valence electrons. The van der Waals surface area contributed by atoms with Gasteiger partial charge in [-0.2, -0.15) is 0 Å². The molecule has 2 aromatic carbocycles. The van der Waals surface area contributed by atoms with Crippen molar-refractivity contribution in [2.45, 2.75) is 36.7 Å². The minimum Gasteiger partial charge on any atom is -0.377 e. The summed E-state index contributed by atoms with van der Waals surface area (Å²) < 4.78 is 39.9. The van der Waals surface area contributed by atoms with Crippen molar-refractivity contribution in [2.75, 3.05) is 39.4 Å². The molecule has 0 unspecified atom stereocenters. The van der Waals surface area contributed by atoms with Crippen molar-refractivity contribution < 1.29 is 17.9 Å². The molecular weight excluding hydrogens is 412 g/mol. The Morgan fingerprint density at radius 1 is 1.03 bits per heavy atom. The van der Waals surface area contributed by atoms with E-state index in [4.69, 9.17) is 9.47 Å². The first-order chi connectivity index (χ1) is 15.0. The standard InChI is InChI=1S/C24H32N2O4S/c27-31(28,18-22-9-5-2-6-10-22)25-17-23-11-13-24(30-23)19-26(15-16-29-20-24)14-12-21-7-3-1-4-8-21/h1-10,23,25H,11-20H2/t23-,24-/m0/s1. The van der Waals surface area contributed by atoms with Crippen LogP contribution in [0.2, 0.25) is 0 Å². The van der Waals surface area contributed by atoms with Crippen LogP contribution in [0.25, 0.3) is 0 Å². The van der Waals surface area contributed by atoms with Crippen LogP contribution >= 0.6 is 0 Å². The highest BCUT2D eigenvalue weighted by atomic mass is 32.2. The molecule has 0 amide bonds. The van der Waals surface area contributed by atoms with Crippen LogP contribution in [0.4, 0.5) is 0 Å². The normalized spacial score (nSPS) is 25.0. The third-order valence-corrected chi connectivity index (χ3v) is 7.38. The highest BCUT2D eigenvalue weighted by molar-refractivity contribution is 7.88. The van der Waals surface area contributed by atoms with Gasteiger partial charge in [0.05, 0.1) is 25.1 Å². The van der Waals surface area contributed by atoms with Gasteiger partial charge in [-0.05, 0) is 30.4 Å². The van der Waals surface area contributed by atoms with Gasteiger partial charge in [-0.3, -0.25) is 4.90 Å². The molecule has 2 atom stereocenters. The smallest absolute Gasteiger partial charge is 0.215 e. The predicted molar refractivity (Wildman–Crippen MR) is 121 cm³/mol.